The number of hydrogen-bond acceptors (Lipinski definition) is 3. The van der Waals surface area contributed by atoms with E-state index in [1.165, 1.54) is 16.7 Å². The summed E-state index contributed by atoms with van der Waals surface area (Å²) in [6, 6.07) is 6.18. The molecule has 0 spiro atoms. The zero-order chi connectivity index (χ0) is 12.9. The maximum Gasteiger partial charge on any atom is 0.212 e. The molecule has 1 aromatic carbocycles. The first-order valence-corrected chi connectivity index (χ1v) is 7.33. The molecule has 0 amide bonds. The fraction of sp³-hybridized carbons (Fsp3) is 0.500. The van der Waals surface area contributed by atoms with E-state index in [1.54, 1.807) is 0 Å². The van der Waals surface area contributed by atoms with E-state index in [-0.39, 0.29) is 12.3 Å². The van der Waals surface area contributed by atoms with E-state index in [2.05, 4.69) is 10.8 Å². The summed E-state index contributed by atoms with van der Waals surface area (Å²) in [4.78, 5) is 0. The van der Waals surface area contributed by atoms with Crippen molar-refractivity contribution < 1.29 is 8.42 Å². The molecule has 0 bridgehead atoms. The largest absolute Gasteiger partial charge is 0.329 e. The van der Waals surface area contributed by atoms with Crippen LogP contribution < -0.4 is 10.5 Å². The average Bonchev–Trinajstić information content (AvgIpc) is 2.21. The predicted octanol–water partition coefficient (Wildman–Crippen LogP) is 0.724. The van der Waals surface area contributed by atoms with Gasteiger partial charge in [0, 0.05) is 13.1 Å². The summed E-state index contributed by atoms with van der Waals surface area (Å²) in [7, 11) is -3.20. The molecule has 0 aliphatic rings. The zero-order valence-electron chi connectivity index (χ0n) is 10.4. The van der Waals surface area contributed by atoms with Crippen LogP contribution in [0.1, 0.15) is 16.7 Å². The molecule has 0 aromatic heterocycles. The third-order valence-electron chi connectivity index (χ3n) is 2.60. The van der Waals surface area contributed by atoms with Crippen molar-refractivity contribution >= 4 is 10.0 Å². The molecule has 0 heterocycles. The van der Waals surface area contributed by atoms with Crippen LogP contribution in [-0.2, 0) is 16.4 Å². The van der Waals surface area contributed by atoms with Crippen molar-refractivity contribution in [1.82, 2.24) is 4.72 Å². The van der Waals surface area contributed by atoms with Crippen LogP contribution in [0, 0.1) is 13.8 Å². The first-order valence-electron chi connectivity index (χ1n) is 5.68. The molecule has 1 rings (SSSR count). The topological polar surface area (TPSA) is 72.2 Å². The van der Waals surface area contributed by atoms with Crippen LogP contribution >= 0.6 is 0 Å². The fourth-order valence-electron chi connectivity index (χ4n) is 1.69. The summed E-state index contributed by atoms with van der Waals surface area (Å²) in [6.45, 7) is 4.66. The van der Waals surface area contributed by atoms with Gasteiger partial charge in [-0.2, -0.15) is 0 Å². The summed E-state index contributed by atoms with van der Waals surface area (Å²) in [5.74, 6) is -0.0140. The molecule has 3 N–H and O–H groups in total. The van der Waals surface area contributed by atoms with Crippen LogP contribution in [0.5, 0.6) is 0 Å². The Hall–Kier alpha value is -0.910. The highest BCUT2D eigenvalue weighted by Gasteiger charge is 2.07. The van der Waals surface area contributed by atoms with Gasteiger partial charge in [-0.05, 0) is 31.4 Å². The zero-order valence-corrected chi connectivity index (χ0v) is 11.2. The van der Waals surface area contributed by atoms with Gasteiger partial charge in [0.2, 0.25) is 10.0 Å². The molecule has 0 radical (unpaired) electrons. The third kappa shape index (κ3) is 4.85. The molecular formula is C12H20N2O2S. The van der Waals surface area contributed by atoms with Crippen molar-refractivity contribution in [2.24, 2.45) is 5.73 Å². The first kappa shape index (κ1) is 14.2. The molecule has 0 unspecified atom stereocenters. The maximum atomic E-state index is 11.4. The first-order chi connectivity index (χ1) is 7.94. The Labute approximate surface area is 103 Å². The van der Waals surface area contributed by atoms with Crippen LogP contribution in [0.15, 0.2) is 18.2 Å². The van der Waals surface area contributed by atoms with Gasteiger partial charge < -0.3 is 5.73 Å². The van der Waals surface area contributed by atoms with Crippen LogP contribution in [0.25, 0.3) is 0 Å². The van der Waals surface area contributed by atoms with Crippen molar-refractivity contribution in [3.63, 3.8) is 0 Å². The quantitative estimate of drug-likeness (QED) is 0.788. The van der Waals surface area contributed by atoms with Crippen LogP contribution in [0.4, 0.5) is 0 Å². The molecular weight excluding hydrogens is 236 g/mol. The SMILES string of the molecule is Cc1ccc(CCNS(=O)(=O)CCN)c(C)c1. The van der Waals surface area contributed by atoms with Gasteiger partial charge in [-0.1, -0.05) is 23.8 Å². The molecule has 96 valence electrons. The normalized spacial score (nSPS) is 11.7. The van der Waals surface area contributed by atoms with Crippen LogP contribution in [-0.4, -0.2) is 27.3 Å². The Morgan fingerprint density at radius 2 is 2.00 bits per heavy atom. The van der Waals surface area contributed by atoms with E-state index in [4.69, 9.17) is 5.73 Å². The summed E-state index contributed by atoms with van der Waals surface area (Å²) in [6.07, 6.45) is 0.704. The van der Waals surface area contributed by atoms with E-state index in [9.17, 15) is 8.42 Å². The number of rotatable bonds is 6. The second-order valence-electron chi connectivity index (χ2n) is 4.18. The highest BCUT2D eigenvalue weighted by Crippen LogP contribution is 2.10. The maximum absolute atomic E-state index is 11.4. The Morgan fingerprint density at radius 1 is 1.29 bits per heavy atom. The summed E-state index contributed by atoms with van der Waals surface area (Å²) in [5.41, 5.74) is 8.81. The van der Waals surface area contributed by atoms with Crippen LogP contribution in [0.3, 0.4) is 0 Å². The monoisotopic (exact) mass is 256 g/mol. The molecule has 5 heteroatoms. The number of sulfonamides is 1. The lowest BCUT2D eigenvalue weighted by molar-refractivity contribution is 0.581. The van der Waals surface area contributed by atoms with Crippen molar-refractivity contribution in [2.45, 2.75) is 20.3 Å². The second kappa shape index (κ2) is 6.14. The Bertz CT molecular complexity index is 469. The molecule has 0 atom stereocenters. The van der Waals surface area contributed by atoms with Gasteiger partial charge in [-0.3, -0.25) is 0 Å². The van der Waals surface area contributed by atoms with Gasteiger partial charge in [0.05, 0.1) is 5.75 Å². The van der Waals surface area contributed by atoms with E-state index in [1.807, 2.05) is 26.0 Å². The Morgan fingerprint density at radius 3 is 2.59 bits per heavy atom. The average molecular weight is 256 g/mol. The number of nitrogens with one attached hydrogen (secondary N) is 1. The Balaban J connectivity index is 2.51. The van der Waals surface area contributed by atoms with E-state index in [0.29, 0.717) is 13.0 Å². The summed E-state index contributed by atoms with van der Waals surface area (Å²) in [5, 5.41) is 0. The minimum Gasteiger partial charge on any atom is -0.329 e. The highest BCUT2D eigenvalue weighted by atomic mass is 32.2. The lowest BCUT2D eigenvalue weighted by Crippen LogP contribution is -2.31. The van der Waals surface area contributed by atoms with E-state index < -0.39 is 10.0 Å². The summed E-state index contributed by atoms with van der Waals surface area (Å²) < 4.78 is 25.3. The minimum atomic E-state index is -3.20. The number of hydrogen-bond donors (Lipinski definition) is 2. The number of benzene rings is 1. The summed E-state index contributed by atoms with van der Waals surface area (Å²) >= 11 is 0. The standard InChI is InChI=1S/C12H20N2O2S/c1-10-3-4-12(11(2)9-10)5-7-14-17(15,16)8-6-13/h3-4,9,14H,5-8,13H2,1-2H3. The minimum absolute atomic E-state index is 0.0140. The van der Waals surface area contributed by atoms with Crippen molar-refractivity contribution in [1.29, 1.82) is 0 Å². The highest BCUT2D eigenvalue weighted by molar-refractivity contribution is 7.89. The van der Waals surface area contributed by atoms with E-state index >= 15 is 0 Å². The number of nitrogens with two attached hydrogens (primary N) is 1. The van der Waals surface area contributed by atoms with Crippen molar-refractivity contribution in [3.05, 3.63) is 34.9 Å². The molecule has 0 fully saturated rings. The van der Waals surface area contributed by atoms with Crippen molar-refractivity contribution in [2.75, 3.05) is 18.8 Å². The van der Waals surface area contributed by atoms with Gasteiger partial charge in [0.15, 0.2) is 0 Å². The van der Waals surface area contributed by atoms with Gasteiger partial charge in [0.25, 0.3) is 0 Å². The van der Waals surface area contributed by atoms with Gasteiger partial charge >= 0.3 is 0 Å². The smallest absolute Gasteiger partial charge is 0.212 e. The van der Waals surface area contributed by atoms with Crippen molar-refractivity contribution in [3.8, 4) is 0 Å². The molecule has 4 nitrogen and oxygen atoms in total. The van der Waals surface area contributed by atoms with Gasteiger partial charge in [0.1, 0.15) is 0 Å². The van der Waals surface area contributed by atoms with E-state index in [0.717, 1.165) is 0 Å². The van der Waals surface area contributed by atoms with Gasteiger partial charge in [-0.25, -0.2) is 13.1 Å². The molecule has 0 saturated carbocycles. The number of aryl methyl sites for hydroxylation is 2. The molecule has 17 heavy (non-hydrogen) atoms. The van der Waals surface area contributed by atoms with Gasteiger partial charge in [-0.15, -0.1) is 0 Å². The lowest BCUT2D eigenvalue weighted by atomic mass is 10.0. The molecule has 0 aliphatic carbocycles. The molecule has 1 aromatic rings. The molecule has 0 aliphatic heterocycles. The third-order valence-corrected chi connectivity index (χ3v) is 4.02. The molecule has 0 saturated heterocycles. The predicted molar refractivity (Wildman–Crippen MR) is 70.5 cm³/mol. The Kier molecular flexibility index (Phi) is 5.11. The fourth-order valence-corrected chi connectivity index (χ4v) is 2.56. The lowest BCUT2D eigenvalue weighted by Gasteiger charge is -2.08. The van der Waals surface area contributed by atoms with Crippen LogP contribution in [0.2, 0.25) is 0 Å². The second-order valence-corrected chi connectivity index (χ2v) is 6.11.